The number of allylic oxidation sites excluding steroid dienone is 2. The third kappa shape index (κ3) is 3.49. The van der Waals surface area contributed by atoms with E-state index in [-0.39, 0.29) is 36.4 Å². The van der Waals surface area contributed by atoms with Crippen LogP contribution in [0.4, 0.5) is 4.39 Å². The lowest BCUT2D eigenvalue weighted by molar-refractivity contribution is -0.123. The minimum absolute atomic E-state index is 0.00463. The Kier molecular flexibility index (Phi) is 5.94. The van der Waals surface area contributed by atoms with Crippen molar-refractivity contribution in [2.75, 3.05) is 19.8 Å². The van der Waals surface area contributed by atoms with Crippen LogP contribution >= 0.6 is 0 Å². The van der Waals surface area contributed by atoms with Crippen molar-refractivity contribution in [3.63, 3.8) is 0 Å². The Bertz CT molecular complexity index is 1080. The van der Waals surface area contributed by atoms with E-state index in [0.717, 1.165) is 0 Å². The van der Waals surface area contributed by atoms with E-state index in [9.17, 15) is 39.5 Å². The molecule has 9 nitrogen and oxygen atoms in total. The van der Waals surface area contributed by atoms with E-state index in [4.69, 9.17) is 5.73 Å². The van der Waals surface area contributed by atoms with Gasteiger partial charge in [0.2, 0.25) is 0 Å². The van der Waals surface area contributed by atoms with Crippen LogP contribution in [0.2, 0.25) is 0 Å². The number of hydrogen-bond donors (Lipinski definition) is 7. The summed E-state index contributed by atoms with van der Waals surface area (Å²) in [7, 11) is 0. The number of fused-ring (bicyclic) bond motifs is 3. The van der Waals surface area contributed by atoms with Crippen LogP contribution in [0.1, 0.15) is 34.3 Å². The fraction of sp³-hybridized carbons (Fsp3) is 0.478. The van der Waals surface area contributed by atoms with Crippen LogP contribution in [0.3, 0.4) is 0 Å². The van der Waals surface area contributed by atoms with Gasteiger partial charge in [0.05, 0.1) is 23.7 Å². The lowest BCUT2D eigenvalue weighted by Gasteiger charge is -2.48. The van der Waals surface area contributed by atoms with Crippen molar-refractivity contribution in [3.05, 3.63) is 51.5 Å². The van der Waals surface area contributed by atoms with Gasteiger partial charge in [0.25, 0.3) is 5.91 Å². The number of nitrogens with one attached hydrogen (secondary N) is 1. The number of carbonyl (C=O) groups excluding carboxylic acids is 2. The Labute approximate surface area is 189 Å². The van der Waals surface area contributed by atoms with Gasteiger partial charge in [-0.1, -0.05) is 12.1 Å². The number of ketones is 1. The van der Waals surface area contributed by atoms with Crippen LogP contribution in [0.25, 0.3) is 0 Å². The molecule has 0 fully saturated rings. The number of amides is 1. The van der Waals surface area contributed by atoms with E-state index >= 15 is 0 Å². The summed E-state index contributed by atoms with van der Waals surface area (Å²) in [5.41, 5.74) is 3.42. The molecule has 3 aliphatic rings. The Morgan fingerprint density at radius 3 is 2.61 bits per heavy atom. The first-order chi connectivity index (χ1) is 15.7. The van der Waals surface area contributed by atoms with E-state index in [1.165, 1.54) is 0 Å². The van der Waals surface area contributed by atoms with Crippen molar-refractivity contribution < 1.29 is 39.5 Å². The Morgan fingerprint density at radius 2 is 1.97 bits per heavy atom. The maximum Gasteiger partial charge on any atom is 0.251 e. The van der Waals surface area contributed by atoms with Crippen LogP contribution in [0.5, 0.6) is 5.75 Å². The number of phenols is 1. The first-order valence-corrected chi connectivity index (χ1v) is 10.8. The molecule has 3 aliphatic carbocycles. The van der Waals surface area contributed by atoms with E-state index in [2.05, 4.69) is 5.32 Å². The quantitative estimate of drug-likeness (QED) is 0.302. The van der Waals surface area contributed by atoms with Crippen LogP contribution in [0, 0.1) is 17.8 Å². The van der Waals surface area contributed by atoms with E-state index in [1.54, 1.807) is 12.1 Å². The van der Waals surface area contributed by atoms with Gasteiger partial charge in [0, 0.05) is 30.6 Å². The molecule has 0 spiro atoms. The molecule has 33 heavy (non-hydrogen) atoms. The Hall–Kier alpha value is -2.95. The summed E-state index contributed by atoms with van der Waals surface area (Å²) in [5, 5.41) is 56.3. The molecule has 1 aromatic carbocycles. The number of carbonyl (C=O) groups is 2. The number of aromatic hydroxyl groups is 1. The molecule has 0 aliphatic heterocycles. The number of halogens is 1. The lowest BCUT2D eigenvalue weighted by atomic mass is 9.58. The van der Waals surface area contributed by atoms with Crippen LogP contribution in [-0.4, -0.2) is 62.7 Å². The molecule has 0 saturated carbocycles. The summed E-state index contributed by atoms with van der Waals surface area (Å²) in [6, 6.07) is 3.37. The van der Waals surface area contributed by atoms with Gasteiger partial charge in [0.1, 0.15) is 29.5 Å². The monoisotopic (exact) mass is 462 g/mol. The van der Waals surface area contributed by atoms with Gasteiger partial charge < -0.3 is 36.6 Å². The topological polar surface area (TPSA) is 173 Å². The number of alkyl halides is 1. The molecular formula is C23H27FN2O7. The van der Waals surface area contributed by atoms with E-state index in [1.807, 2.05) is 0 Å². The summed E-state index contributed by atoms with van der Waals surface area (Å²) in [4.78, 5) is 25.4. The number of rotatable bonds is 6. The number of phenolic OH excluding ortho intramolecular Hbond substituents is 1. The van der Waals surface area contributed by atoms with Gasteiger partial charge in [-0.25, -0.2) is 4.39 Å². The second kappa shape index (κ2) is 8.44. The average Bonchev–Trinajstić information content (AvgIpc) is 2.74. The third-order valence-corrected chi connectivity index (χ3v) is 7.09. The standard InChI is InChI=1S/C23H27FN2O7/c24-3-4-26-8-11-2-1-10-5-12-6-13-7-14(28)18(22(25)32)23(33,9-27)17(13)21(31)16(12)20(30)15(10)19(11)29/h1-2,12-13,17,26-29,31,33H,3-9H2,(H2,25,32)/t12?,13?,17?,23-/m1/s1. The maximum absolute atomic E-state index is 13.5. The molecule has 3 unspecified atom stereocenters. The van der Waals surface area contributed by atoms with Gasteiger partial charge in [-0.2, -0.15) is 0 Å². The van der Waals surface area contributed by atoms with Crippen molar-refractivity contribution in [2.45, 2.75) is 31.4 Å². The van der Waals surface area contributed by atoms with Gasteiger partial charge in [-0.15, -0.1) is 0 Å². The molecule has 0 heterocycles. The summed E-state index contributed by atoms with van der Waals surface area (Å²) in [5.74, 6) is -5.14. The SMILES string of the molecule is NC(=O)C1=C(O)CC2CC3Cc4ccc(CNCCF)c(O)c4C(=O)C3=C(O)C2[C@]1(O)CO. The normalized spacial score (nSPS) is 28.9. The van der Waals surface area contributed by atoms with Crippen LogP contribution < -0.4 is 11.1 Å². The number of benzene rings is 1. The predicted molar refractivity (Wildman–Crippen MR) is 114 cm³/mol. The molecule has 178 valence electrons. The maximum atomic E-state index is 13.5. The molecule has 4 atom stereocenters. The molecule has 0 aromatic heterocycles. The zero-order valence-electron chi connectivity index (χ0n) is 17.8. The first-order valence-electron chi connectivity index (χ1n) is 10.8. The molecule has 0 bridgehead atoms. The van der Waals surface area contributed by atoms with Crippen molar-refractivity contribution >= 4 is 11.7 Å². The predicted octanol–water partition coefficient (Wildman–Crippen LogP) is 0.679. The molecule has 1 aromatic rings. The van der Waals surface area contributed by atoms with Crippen molar-refractivity contribution in [3.8, 4) is 5.75 Å². The smallest absolute Gasteiger partial charge is 0.251 e. The van der Waals surface area contributed by atoms with Crippen LogP contribution in [0.15, 0.2) is 34.8 Å². The van der Waals surface area contributed by atoms with E-state index in [0.29, 0.717) is 24.0 Å². The van der Waals surface area contributed by atoms with Crippen LogP contribution in [-0.2, 0) is 17.8 Å². The largest absolute Gasteiger partial charge is 0.512 e. The van der Waals surface area contributed by atoms with Crippen molar-refractivity contribution in [2.24, 2.45) is 23.5 Å². The zero-order valence-corrected chi connectivity index (χ0v) is 17.8. The molecule has 8 N–H and O–H groups in total. The number of nitrogens with two attached hydrogens (primary N) is 1. The highest BCUT2D eigenvalue weighted by Crippen LogP contribution is 2.53. The Morgan fingerprint density at radius 1 is 1.24 bits per heavy atom. The average molecular weight is 462 g/mol. The molecule has 0 saturated heterocycles. The van der Waals surface area contributed by atoms with Gasteiger partial charge >= 0.3 is 0 Å². The summed E-state index contributed by atoms with van der Waals surface area (Å²) >= 11 is 0. The first kappa shape index (κ1) is 23.2. The van der Waals surface area contributed by atoms with Crippen molar-refractivity contribution in [1.82, 2.24) is 5.32 Å². The number of primary amides is 1. The molecule has 10 heteroatoms. The van der Waals surface area contributed by atoms with Gasteiger partial charge in [-0.05, 0) is 30.2 Å². The summed E-state index contributed by atoms with van der Waals surface area (Å²) in [6.07, 6.45) is 0.582. The highest BCUT2D eigenvalue weighted by Gasteiger charge is 2.57. The number of hydrogen-bond acceptors (Lipinski definition) is 8. The number of aliphatic hydroxyl groups excluding tert-OH is 3. The lowest BCUT2D eigenvalue weighted by Crippen LogP contribution is -2.56. The Balaban J connectivity index is 1.80. The van der Waals surface area contributed by atoms with E-state index < -0.39 is 65.4 Å². The van der Waals surface area contributed by atoms with Crippen molar-refractivity contribution in [1.29, 1.82) is 0 Å². The highest BCUT2D eigenvalue weighted by atomic mass is 19.1. The number of aliphatic hydroxyl groups is 4. The second-order valence-electron chi connectivity index (χ2n) is 8.95. The highest BCUT2D eigenvalue weighted by molar-refractivity contribution is 6.13. The third-order valence-electron chi connectivity index (χ3n) is 7.09. The minimum Gasteiger partial charge on any atom is -0.512 e. The second-order valence-corrected chi connectivity index (χ2v) is 8.95. The fourth-order valence-electron chi connectivity index (χ4n) is 5.74. The minimum atomic E-state index is -2.36. The number of Topliss-reactive ketones (excluding diaryl/α,β-unsaturated/α-hetero) is 1. The summed E-state index contributed by atoms with van der Waals surface area (Å²) in [6.45, 7) is -1.35. The molecular weight excluding hydrogens is 435 g/mol. The molecule has 4 rings (SSSR count). The van der Waals surface area contributed by atoms with Gasteiger partial charge in [-0.3, -0.25) is 9.59 Å². The zero-order chi connectivity index (χ0) is 24.1. The molecule has 1 amide bonds. The fourth-order valence-corrected chi connectivity index (χ4v) is 5.74. The summed E-state index contributed by atoms with van der Waals surface area (Å²) < 4.78 is 12.4. The molecule has 0 radical (unpaired) electrons. The van der Waals surface area contributed by atoms with Gasteiger partial charge in [0.15, 0.2) is 5.78 Å².